The molecule has 3 atom stereocenters. The third kappa shape index (κ3) is 10.1. The molecule has 3 rings (SSSR count). The average Bonchev–Trinajstić information content (AvgIpc) is 3.20. The molecule has 1 aromatic heterocycles. The van der Waals surface area contributed by atoms with Gasteiger partial charge in [0.1, 0.15) is 18.5 Å². The normalized spacial score (nSPS) is 19.0. The molecule has 12 nitrogen and oxygen atoms in total. The number of anilines is 2. The van der Waals surface area contributed by atoms with Gasteiger partial charge < -0.3 is 24.6 Å². The van der Waals surface area contributed by atoms with Gasteiger partial charge in [-0.25, -0.2) is 19.1 Å². The van der Waals surface area contributed by atoms with Crippen LogP contribution in [0.25, 0.3) is 0 Å². The van der Waals surface area contributed by atoms with E-state index in [4.69, 9.17) is 14.2 Å². The number of rotatable bonds is 16. The van der Waals surface area contributed by atoms with Crippen LogP contribution >= 0.6 is 0 Å². The highest BCUT2D eigenvalue weighted by molar-refractivity contribution is 5.90. The van der Waals surface area contributed by atoms with Gasteiger partial charge in [-0.3, -0.25) is 14.9 Å². The molecule has 0 saturated carbocycles. The molecule has 3 N–H and O–H groups in total. The minimum atomic E-state index is -4.00. The number of alkyl halides is 2. The second-order valence-corrected chi connectivity index (χ2v) is 10.1. The van der Waals surface area contributed by atoms with Crippen LogP contribution in [-0.4, -0.2) is 64.0 Å². The Morgan fingerprint density at radius 2 is 1.72 bits per heavy atom. The van der Waals surface area contributed by atoms with Crippen LogP contribution in [-0.2, 0) is 23.8 Å². The molecule has 2 aromatic rings. The Morgan fingerprint density at radius 3 is 2.47 bits per heavy atom. The molecule has 236 valence electrons. The maximum atomic E-state index is 15.1. The Hall–Kier alpha value is -3.91. The highest BCUT2D eigenvalue weighted by Crippen LogP contribution is 2.43. The summed E-state index contributed by atoms with van der Waals surface area (Å²) < 4.78 is 46.0. The predicted molar refractivity (Wildman–Crippen MR) is 152 cm³/mol. The number of nitrogens with zero attached hydrogens (tertiary/aromatic N) is 2. The van der Waals surface area contributed by atoms with Crippen LogP contribution in [0.1, 0.15) is 70.9 Å². The zero-order valence-corrected chi connectivity index (χ0v) is 24.0. The zero-order chi connectivity index (χ0) is 31.2. The van der Waals surface area contributed by atoms with Crippen molar-refractivity contribution in [2.24, 2.45) is 0 Å². The van der Waals surface area contributed by atoms with Crippen molar-refractivity contribution in [2.45, 2.75) is 89.1 Å². The Morgan fingerprint density at radius 1 is 1.00 bits per heavy atom. The lowest BCUT2D eigenvalue weighted by atomic mass is 10.1. The number of ether oxygens (including phenoxy) is 3. The fourth-order valence-corrected chi connectivity index (χ4v) is 4.39. The molecule has 1 aromatic carbocycles. The number of aromatic nitrogens is 2. The average molecular weight is 609 g/mol. The van der Waals surface area contributed by atoms with Crippen molar-refractivity contribution < 1.29 is 42.5 Å². The first-order valence-corrected chi connectivity index (χ1v) is 14.4. The Balaban J connectivity index is 1.49. The molecule has 0 spiro atoms. The lowest BCUT2D eigenvalue weighted by Crippen LogP contribution is -2.42. The topological polar surface area (TPSA) is 158 Å². The van der Waals surface area contributed by atoms with Gasteiger partial charge in [-0.2, -0.15) is 8.78 Å². The van der Waals surface area contributed by atoms with E-state index in [-0.39, 0.29) is 31.2 Å². The van der Waals surface area contributed by atoms with Gasteiger partial charge in [0.05, 0.1) is 6.61 Å². The van der Waals surface area contributed by atoms with E-state index in [0.717, 1.165) is 37.9 Å². The molecule has 0 bridgehead atoms. The number of aliphatic hydroxyl groups is 1. The summed E-state index contributed by atoms with van der Waals surface area (Å²) in [5.41, 5.74) is -0.509. The highest BCUT2D eigenvalue weighted by Gasteiger charge is 2.60. The number of carbonyl (C=O) groups excluding carboxylic acids is 3. The van der Waals surface area contributed by atoms with Gasteiger partial charge in [-0.15, -0.1) is 0 Å². The van der Waals surface area contributed by atoms with Crippen molar-refractivity contribution in [2.75, 3.05) is 23.8 Å². The van der Waals surface area contributed by atoms with Gasteiger partial charge in [-0.05, 0) is 37.5 Å². The number of amides is 2. The molecule has 2 heterocycles. The van der Waals surface area contributed by atoms with E-state index in [9.17, 15) is 24.3 Å². The number of esters is 1. The lowest BCUT2D eigenvalue weighted by molar-refractivity contribution is -0.150. The summed E-state index contributed by atoms with van der Waals surface area (Å²) in [5, 5.41) is 15.2. The minimum Gasteiger partial charge on any atom is -0.463 e. The summed E-state index contributed by atoms with van der Waals surface area (Å²) in [6.45, 7) is 1.47. The molecule has 2 amide bonds. The third-order valence-corrected chi connectivity index (χ3v) is 6.71. The van der Waals surface area contributed by atoms with Crippen LogP contribution in [0.5, 0.6) is 0 Å². The Labute approximate surface area is 247 Å². The monoisotopic (exact) mass is 608 g/mol. The quantitative estimate of drug-likeness (QED) is 0.186. The van der Waals surface area contributed by atoms with Crippen molar-refractivity contribution in [3.63, 3.8) is 0 Å². The lowest BCUT2D eigenvalue weighted by Gasteiger charge is -2.23. The summed E-state index contributed by atoms with van der Waals surface area (Å²) >= 11 is 0. The molecule has 0 aliphatic carbocycles. The fourth-order valence-electron chi connectivity index (χ4n) is 4.39. The van der Waals surface area contributed by atoms with Crippen LogP contribution in [0.3, 0.4) is 0 Å². The minimum absolute atomic E-state index is 0.0852. The fraction of sp³-hybridized carbons (Fsp3) is 0.552. The second kappa shape index (κ2) is 16.7. The van der Waals surface area contributed by atoms with Gasteiger partial charge >= 0.3 is 23.7 Å². The molecule has 14 heteroatoms. The molecule has 1 fully saturated rings. The SMILES string of the molecule is CCCCCCCOC(=O)Nc1ccnc(=O)n1[C@@H]1O[C@H](COC(=O)CCCCC(=O)Nc2ccccc2)[C@@H](O)C1(F)F. The summed E-state index contributed by atoms with van der Waals surface area (Å²) in [6, 6.07) is 10.00. The van der Waals surface area contributed by atoms with Gasteiger partial charge in [0.2, 0.25) is 12.1 Å². The Kier molecular flexibility index (Phi) is 13.0. The second-order valence-electron chi connectivity index (χ2n) is 10.1. The number of para-hydroxylation sites is 1. The van der Waals surface area contributed by atoms with Crippen molar-refractivity contribution in [3.05, 3.63) is 53.1 Å². The van der Waals surface area contributed by atoms with Gasteiger partial charge in [0, 0.05) is 24.7 Å². The van der Waals surface area contributed by atoms with Gasteiger partial charge in [-0.1, -0.05) is 50.8 Å². The number of halogens is 2. The largest absolute Gasteiger partial charge is 0.463 e. The number of hydrogen-bond donors (Lipinski definition) is 3. The molecule has 43 heavy (non-hydrogen) atoms. The molecule has 0 unspecified atom stereocenters. The van der Waals surface area contributed by atoms with Crippen LogP contribution in [0.4, 0.5) is 25.1 Å². The van der Waals surface area contributed by atoms with Crippen LogP contribution in [0.2, 0.25) is 0 Å². The zero-order valence-electron chi connectivity index (χ0n) is 24.0. The number of benzene rings is 1. The van der Waals surface area contributed by atoms with Crippen molar-refractivity contribution >= 4 is 29.5 Å². The number of unbranched alkanes of at least 4 members (excludes halogenated alkanes) is 5. The van der Waals surface area contributed by atoms with E-state index in [0.29, 0.717) is 29.5 Å². The summed E-state index contributed by atoms with van der Waals surface area (Å²) in [7, 11) is 0. The van der Waals surface area contributed by atoms with Crippen LogP contribution < -0.4 is 16.3 Å². The van der Waals surface area contributed by atoms with Gasteiger partial charge in [0.25, 0.3) is 0 Å². The third-order valence-electron chi connectivity index (χ3n) is 6.71. The van der Waals surface area contributed by atoms with Crippen LogP contribution in [0.15, 0.2) is 47.4 Å². The van der Waals surface area contributed by atoms with E-state index in [1.807, 2.05) is 6.07 Å². The maximum absolute atomic E-state index is 15.1. The summed E-state index contributed by atoms with van der Waals surface area (Å²) in [4.78, 5) is 52.4. The first kappa shape index (κ1) is 33.6. The van der Waals surface area contributed by atoms with Crippen molar-refractivity contribution in [1.29, 1.82) is 0 Å². The summed E-state index contributed by atoms with van der Waals surface area (Å²) in [6.07, 6.45) is -1.01. The first-order chi connectivity index (χ1) is 20.6. The molecule has 1 aliphatic heterocycles. The van der Waals surface area contributed by atoms with Gasteiger partial charge in [0.15, 0.2) is 6.10 Å². The number of carbonyl (C=O) groups is 3. The maximum Gasteiger partial charge on any atom is 0.412 e. The number of hydrogen-bond acceptors (Lipinski definition) is 9. The molecule has 1 saturated heterocycles. The summed E-state index contributed by atoms with van der Waals surface area (Å²) in [5.74, 6) is -5.33. The first-order valence-electron chi connectivity index (χ1n) is 14.4. The van der Waals surface area contributed by atoms with E-state index in [1.165, 1.54) is 0 Å². The van der Waals surface area contributed by atoms with E-state index >= 15 is 8.78 Å². The van der Waals surface area contributed by atoms with E-state index in [1.54, 1.807) is 24.3 Å². The highest BCUT2D eigenvalue weighted by atomic mass is 19.3. The Bertz CT molecular complexity index is 1260. The number of aliphatic hydroxyl groups excluding tert-OH is 1. The molecular weight excluding hydrogens is 570 g/mol. The van der Waals surface area contributed by atoms with Crippen molar-refractivity contribution in [3.8, 4) is 0 Å². The van der Waals surface area contributed by atoms with Crippen molar-refractivity contribution in [1.82, 2.24) is 9.55 Å². The standard InChI is InChI=1S/C29H38F2N4O8/c1-2-3-4-5-11-18-41-28(40)34-22-16-17-32-27(39)35(22)26-29(30,31)25(38)21(43-26)19-42-24(37)15-10-9-14-23(36)33-20-12-7-6-8-13-20/h6-8,12-13,16-17,21,25-26,38H,2-5,9-11,14-15,18-19H2,1H3,(H,33,36)(H,34,40)/t21-,25-,26-/m1/s1. The van der Waals surface area contributed by atoms with Crippen LogP contribution in [0, 0.1) is 0 Å². The van der Waals surface area contributed by atoms with E-state index in [2.05, 4.69) is 22.5 Å². The number of nitrogens with one attached hydrogen (secondary N) is 2. The predicted octanol–water partition coefficient (Wildman–Crippen LogP) is 4.40. The molecule has 1 aliphatic rings. The smallest absolute Gasteiger partial charge is 0.412 e. The van der Waals surface area contributed by atoms with E-state index < -0.39 is 48.7 Å². The molecular formula is C29H38F2N4O8. The molecule has 0 radical (unpaired) electrons.